The van der Waals surface area contributed by atoms with Crippen LogP contribution < -0.4 is 0 Å². The van der Waals surface area contributed by atoms with Crippen molar-refractivity contribution in [2.24, 2.45) is 0 Å². The molecule has 0 bridgehead atoms. The average Bonchev–Trinajstić information content (AvgIpc) is 2.56. The average molecular weight is 291 g/mol. The summed E-state index contributed by atoms with van der Waals surface area (Å²) >= 11 is 1.78. The molecule has 1 heterocycles. The van der Waals surface area contributed by atoms with Gasteiger partial charge in [-0.15, -0.1) is 11.8 Å². The van der Waals surface area contributed by atoms with E-state index in [0.29, 0.717) is 0 Å². The Kier molecular flexibility index (Phi) is 4.37. The van der Waals surface area contributed by atoms with Crippen molar-refractivity contribution in [2.75, 3.05) is 5.75 Å². The van der Waals surface area contributed by atoms with E-state index in [4.69, 9.17) is 4.98 Å². The predicted octanol–water partition coefficient (Wildman–Crippen LogP) is 5.53. The zero-order chi connectivity index (χ0) is 14.5. The summed E-state index contributed by atoms with van der Waals surface area (Å²) in [6.45, 7) is 2.16. The maximum Gasteiger partial charge on any atom is 0.0973 e. The highest BCUT2D eigenvalue weighted by Crippen LogP contribution is 2.29. The van der Waals surface area contributed by atoms with Gasteiger partial charge in [0.2, 0.25) is 0 Å². The molecule has 2 aromatic carbocycles. The summed E-state index contributed by atoms with van der Waals surface area (Å²) in [7, 11) is 0. The number of aromatic nitrogens is 1. The van der Waals surface area contributed by atoms with Crippen LogP contribution in [-0.2, 0) is 0 Å². The van der Waals surface area contributed by atoms with E-state index >= 15 is 0 Å². The van der Waals surface area contributed by atoms with Crippen LogP contribution in [0.4, 0.5) is 0 Å². The van der Waals surface area contributed by atoms with Crippen LogP contribution in [0.3, 0.4) is 0 Å². The van der Waals surface area contributed by atoms with Crippen molar-refractivity contribution >= 4 is 11.8 Å². The van der Waals surface area contributed by atoms with Gasteiger partial charge in [-0.2, -0.15) is 0 Å². The zero-order valence-electron chi connectivity index (χ0n) is 12.0. The van der Waals surface area contributed by atoms with Crippen LogP contribution >= 0.6 is 11.8 Å². The van der Waals surface area contributed by atoms with Gasteiger partial charge in [0.25, 0.3) is 0 Å². The molecule has 0 saturated heterocycles. The van der Waals surface area contributed by atoms with Gasteiger partial charge in [0.15, 0.2) is 0 Å². The fraction of sp³-hybridized carbons (Fsp3) is 0.105. The topological polar surface area (TPSA) is 12.9 Å². The Hall–Kier alpha value is -2.06. The number of thioether (sulfide) groups is 1. The second-order valence-corrected chi connectivity index (χ2v) is 6.03. The highest BCUT2D eigenvalue weighted by atomic mass is 32.2. The second kappa shape index (κ2) is 6.59. The first kappa shape index (κ1) is 13.9. The second-order valence-electron chi connectivity index (χ2n) is 4.74. The molecule has 0 atom stereocenters. The summed E-state index contributed by atoms with van der Waals surface area (Å²) in [4.78, 5) is 4.78. The maximum absolute atomic E-state index is 4.78. The van der Waals surface area contributed by atoms with Gasteiger partial charge >= 0.3 is 0 Å². The van der Waals surface area contributed by atoms with Gasteiger partial charge in [-0.3, -0.25) is 0 Å². The third-order valence-corrected chi connectivity index (χ3v) is 4.06. The summed E-state index contributed by atoms with van der Waals surface area (Å²) in [5.41, 5.74) is 4.65. The third-order valence-electron chi connectivity index (χ3n) is 3.27. The lowest BCUT2D eigenvalue weighted by molar-refractivity contribution is 1.14. The van der Waals surface area contributed by atoms with Crippen LogP contribution in [-0.4, -0.2) is 10.7 Å². The molecule has 1 nitrogen and oxygen atoms in total. The van der Waals surface area contributed by atoms with E-state index in [2.05, 4.69) is 67.6 Å². The largest absolute Gasteiger partial charge is 0.241 e. The quantitative estimate of drug-likeness (QED) is 0.586. The SMILES string of the molecule is CCSc1cc(-c2ccccc2)cc(-c2ccccc2)n1. The highest BCUT2D eigenvalue weighted by molar-refractivity contribution is 7.99. The number of benzene rings is 2. The minimum absolute atomic E-state index is 1.03. The minimum atomic E-state index is 1.03. The molecule has 2 heteroatoms. The lowest BCUT2D eigenvalue weighted by Crippen LogP contribution is -1.89. The molecule has 0 fully saturated rings. The molecular formula is C19H17NS. The number of nitrogens with zero attached hydrogens (tertiary/aromatic N) is 1. The molecular weight excluding hydrogens is 274 g/mol. The Morgan fingerprint density at radius 1 is 0.762 bits per heavy atom. The van der Waals surface area contributed by atoms with Gasteiger partial charge in [0.1, 0.15) is 0 Å². The first-order chi connectivity index (χ1) is 10.4. The van der Waals surface area contributed by atoms with E-state index in [9.17, 15) is 0 Å². The van der Waals surface area contributed by atoms with Crippen molar-refractivity contribution in [1.82, 2.24) is 4.98 Å². The van der Waals surface area contributed by atoms with Crippen molar-refractivity contribution < 1.29 is 0 Å². The fourth-order valence-electron chi connectivity index (χ4n) is 2.28. The lowest BCUT2D eigenvalue weighted by atomic mass is 10.0. The number of rotatable bonds is 4. The Bertz CT molecular complexity index is 650. The Balaban J connectivity index is 2.11. The fourth-order valence-corrected chi connectivity index (χ4v) is 2.95. The Morgan fingerprint density at radius 2 is 1.38 bits per heavy atom. The van der Waals surface area contributed by atoms with Crippen LogP contribution in [0, 0.1) is 0 Å². The van der Waals surface area contributed by atoms with Crippen LogP contribution in [0.2, 0.25) is 0 Å². The molecule has 0 amide bonds. The monoisotopic (exact) mass is 291 g/mol. The van der Waals surface area contributed by atoms with E-state index in [1.807, 2.05) is 12.1 Å². The normalized spacial score (nSPS) is 10.5. The Morgan fingerprint density at radius 3 is 2.00 bits per heavy atom. The van der Waals surface area contributed by atoms with Crippen molar-refractivity contribution in [1.29, 1.82) is 0 Å². The molecule has 104 valence electrons. The van der Waals surface area contributed by atoms with Crippen molar-refractivity contribution in [3.05, 3.63) is 72.8 Å². The number of hydrogen-bond acceptors (Lipinski definition) is 2. The molecule has 3 rings (SSSR count). The van der Waals surface area contributed by atoms with Gasteiger partial charge in [-0.1, -0.05) is 67.6 Å². The van der Waals surface area contributed by atoms with Crippen LogP contribution in [0.15, 0.2) is 77.8 Å². The summed E-state index contributed by atoms with van der Waals surface area (Å²) in [6.07, 6.45) is 0. The molecule has 0 N–H and O–H groups in total. The van der Waals surface area contributed by atoms with E-state index < -0.39 is 0 Å². The molecule has 3 aromatic rings. The summed E-state index contributed by atoms with van der Waals surface area (Å²) < 4.78 is 0. The Labute approximate surface area is 130 Å². The molecule has 0 aliphatic rings. The van der Waals surface area contributed by atoms with Gasteiger partial charge in [-0.05, 0) is 29.0 Å². The van der Waals surface area contributed by atoms with Crippen LogP contribution in [0.25, 0.3) is 22.4 Å². The molecule has 0 saturated carbocycles. The van der Waals surface area contributed by atoms with Crippen LogP contribution in [0.5, 0.6) is 0 Å². The summed E-state index contributed by atoms with van der Waals surface area (Å²) in [5.74, 6) is 1.03. The summed E-state index contributed by atoms with van der Waals surface area (Å²) in [6, 6.07) is 25.2. The molecule has 0 aliphatic carbocycles. The predicted molar refractivity (Wildman–Crippen MR) is 91.5 cm³/mol. The molecule has 0 radical (unpaired) electrons. The minimum Gasteiger partial charge on any atom is -0.241 e. The molecule has 0 aliphatic heterocycles. The van der Waals surface area contributed by atoms with Gasteiger partial charge < -0.3 is 0 Å². The van der Waals surface area contributed by atoms with Crippen molar-refractivity contribution in [2.45, 2.75) is 11.9 Å². The van der Waals surface area contributed by atoms with Gasteiger partial charge in [0, 0.05) is 5.56 Å². The highest BCUT2D eigenvalue weighted by Gasteiger charge is 2.06. The molecule has 0 unspecified atom stereocenters. The van der Waals surface area contributed by atoms with Crippen molar-refractivity contribution in [3.63, 3.8) is 0 Å². The first-order valence-corrected chi connectivity index (χ1v) is 8.11. The smallest absolute Gasteiger partial charge is 0.0973 e. The van der Waals surface area contributed by atoms with Gasteiger partial charge in [-0.25, -0.2) is 4.98 Å². The van der Waals surface area contributed by atoms with E-state index in [1.54, 1.807) is 11.8 Å². The van der Waals surface area contributed by atoms with Gasteiger partial charge in [0.05, 0.1) is 10.7 Å². The number of pyridine rings is 1. The zero-order valence-corrected chi connectivity index (χ0v) is 12.8. The van der Waals surface area contributed by atoms with E-state index in [-0.39, 0.29) is 0 Å². The van der Waals surface area contributed by atoms with E-state index in [0.717, 1.165) is 22.0 Å². The molecule has 0 spiro atoms. The first-order valence-electron chi connectivity index (χ1n) is 7.12. The lowest BCUT2D eigenvalue weighted by Gasteiger charge is -2.09. The van der Waals surface area contributed by atoms with E-state index in [1.165, 1.54) is 11.1 Å². The number of hydrogen-bond donors (Lipinski definition) is 0. The standard InChI is InChI=1S/C19H17NS/c1-2-21-19-14-17(15-9-5-3-6-10-15)13-18(20-19)16-11-7-4-8-12-16/h3-14H,2H2,1H3. The molecule has 21 heavy (non-hydrogen) atoms. The summed E-state index contributed by atoms with van der Waals surface area (Å²) in [5, 5.41) is 1.08. The molecule has 1 aromatic heterocycles. The third kappa shape index (κ3) is 3.34. The maximum atomic E-state index is 4.78. The van der Waals surface area contributed by atoms with Crippen molar-refractivity contribution in [3.8, 4) is 22.4 Å². The van der Waals surface area contributed by atoms with Crippen LogP contribution in [0.1, 0.15) is 6.92 Å².